The number of Topliss-reactive ketones (excluding diaryl/α,β-unsaturated/α-hetero) is 1. The minimum atomic E-state index is -4.97. The number of unbranched alkanes of at least 4 members (excludes halogenated alkanes) is 1. The number of alkyl halides is 3. The van der Waals surface area contributed by atoms with Crippen LogP contribution in [0.1, 0.15) is 63.9 Å². The molecule has 0 aliphatic carbocycles. The number of nitrogens with one attached hydrogen (secondary N) is 2. The van der Waals surface area contributed by atoms with Gasteiger partial charge in [-0.25, -0.2) is 4.79 Å². The highest BCUT2D eigenvalue weighted by Crippen LogP contribution is 2.21. The molecule has 1 aliphatic heterocycles. The molecule has 0 bridgehead atoms. The Bertz CT molecular complexity index is 910. The smallest absolute Gasteiger partial charge is 0.471 e. The zero-order valence-electron chi connectivity index (χ0n) is 21.1. The van der Waals surface area contributed by atoms with Gasteiger partial charge < -0.3 is 15.3 Å². The number of hydrogen-bond donors (Lipinski definition) is 3. The Morgan fingerprint density at radius 2 is 1.78 bits per heavy atom. The van der Waals surface area contributed by atoms with Crippen LogP contribution in [0, 0.1) is 0 Å². The molecule has 2 amide bonds. The maximum Gasteiger partial charge on any atom is 0.471 e. The lowest BCUT2D eigenvalue weighted by molar-refractivity contribution is -0.173. The lowest BCUT2D eigenvalue weighted by Crippen LogP contribution is -2.54. The van der Waals surface area contributed by atoms with Crippen LogP contribution in [-0.2, 0) is 25.6 Å². The van der Waals surface area contributed by atoms with E-state index < -0.39 is 42.1 Å². The fourth-order valence-corrected chi connectivity index (χ4v) is 4.50. The molecule has 1 saturated heterocycles. The van der Waals surface area contributed by atoms with Gasteiger partial charge in [-0.1, -0.05) is 37.3 Å². The van der Waals surface area contributed by atoms with Gasteiger partial charge in [0.15, 0.2) is 0 Å². The molecule has 8 nitrogen and oxygen atoms in total. The van der Waals surface area contributed by atoms with Crippen molar-refractivity contribution in [3.63, 3.8) is 0 Å². The molecular formula is C26H36F3N3O5. The van der Waals surface area contributed by atoms with Crippen LogP contribution >= 0.6 is 0 Å². The number of amides is 2. The van der Waals surface area contributed by atoms with Crippen LogP contribution in [0.5, 0.6) is 0 Å². The Hall–Kier alpha value is -2.95. The number of hydrogen-bond acceptors (Lipinski definition) is 5. The number of carbonyl (C=O) groups is 4. The maximum absolute atomic E-state index is 13.4. The molecule has 0 spiro atoms. The number of carboxylic acids is 1. The van der Waals surface area contributed by atoms with E-state index in [9.17, 15) is 37.5 Å². The van der Waals surface area contributed by atoms with Crippen LogP contribution in [0.4, 0.5) is 13.2 Å². The first-order valence-corrected chi connectivity index (χ1v) is 12.8. The van der Waals surface area contributed by atoms with Crippen LogP contribution in [0.3, 0.4) is 0 Å². The highest BCUT2D eigenvalue weighted by atomic mass is 19.4. The van der Waals surface area contributed by atoms with Gasteiger partial charge in [0.05, 0.1) is 12.1 Å². The van der Waals surface area contributed by atoms with Gasteiger partial charge in [-0.3, -0.25) is 19.7 Å². The number of carbonyl (C=O) groups excluding carboxylic acids is 3. The summed E-state index contributed by atoms with van der Waals surface area (Å²) in [4.78, 5) is 50.3. The van der Waals surface area contributed by atoms with Crippen molar-refractivity contribution in [2.75, 3.05) is 13.1 Å². The number of ketones is 1. The van der Waals surface area contributed by atoms with Gasteiger partial charge in [0.25, 0.3) is 0 Å². The summed E-state index contributed by atoms with van der Waals surface area (Å²) >= 11 is 0. The van der Waals surface area contributed by atoms with Gasteiger partial charge >= 0.3 is 18.1 Å². The molecule has 0 radical (unpaired) electrons. The normalized spacial score (nSPS) is 17.3. The molecule has 1 aromatic carbocycles. The fraction of sp³-hybridized carbons (Fsp3) is 0.615. The standard InChI is InChI=1S/C26H36F3N3O5/c1-2-9-22(33)19(15-14-18-10-4-3-5-11-18)31-20(12-6-7-16-30-25(37)26(27,28)29)23(34)32-17-8-13-21(32)24(35)36/h3-5,10-11,19-21,31H,2,6-9,12-17H2,1H3,(H,30,37)(H,35,36)/t19-,20-,21-/m0/s1. The molecule has 1 aromatic rings. The lowest BCUT2D eigenvalue weighted by atomic mass is 9.97. The van der Waals surface area contributed by atoms with Gasteiger partial charge in [0.1, 0.15) is 11.8 Å². The number of rotatable bonds is 15. The summed E-state index contributed by atoms with van der Waals surface area (Å²) in [6, 6.07) is 7.12. The predicted molar refractivity (Wildman–Crippen MR) is 131 cm³/mol. The highest BCUT2D eigenvalue weighted by Gasteiger charge is 2.39. The predicted octanol–water partition coefficient (Wildman–Crippen LogP) is 3.24. The van der Waals surface area contributed by atoms with E-state index in [0.717, 1.165) is 5.56 Å². The SMILES string of the molecule is CCCC(=O)[C@H](CCc1ccccc1)N[C@@H](CCCCNC(=O)C(F)(F)F)C(=O)N1CCC[C@H]1C(=O)O. The van der Waals surface area contributed by atoms with E-state index in [1.54, 1.807) is 5.32 Å². The molecule has 1 aliphatic rings. The van der Waals surface area contributed by atoms with E-state index in [1.807, 2.05) is 37.3 Å². The molecule has 37 heavy (non-hydrogen) atoms. The Kier molecular flexibility index (Phi) is 12.0. The van der Waals surface area contributed by atoms with Gasteiger partial charge in [-0.2, -0.15) is 13.2 Å². The molecular weight excluding hydrogens is 491 g/mol. The topological polar surface area (TPSA) is 116 Å². The molecule has 3 N–H and O–H groups in total. The summed E-state index contributed by atoms with van der Waals surface area (Å²) in [6.45, 7) is 1.95. The Morgan fingerprint density at radius 3 is 2.41 bits per heavy atom. The summed E-state index contributed by atoms with van der Waals surface area (Å²) < 4.78 is 37.2. The molecule has 1 fully saturated rings. The van der Waals surface area contributed by atoms with Gasteiger partial charge in [-0.15, -0.1) is 0 Å². The van der Waals surface area contributed by atoms with Crippen LogP contribution < -0.4 is 10.6 Å². The average Bonchev–Trinajstić information content (AvgIpc) is 3.35. The first-order chi connectivity index (χ1) is 17.5. The minimum absolute atomic E-state index is 0.0510. The lowest BCUT2D eigenvalue weighted by Gasteiger charge is -2.30. The number of likely N-dealkylation sites (tertiary alicyclic amines) is 1. The summed E-state index contributed by atoms with van der Waals surface area (Å²) in [5.74, 6) is -3.60. The van der Waals surface area contributed by atoms with Crippen LogP contribution in [0.2, 0.25) is 0 Å². The van der Waals surface area contributed by atoms with Crippen LogP contribution in [0.15, 0.2) is 30.3 Å². The largest absolute Gasteiger partial charge is 0.480 e. The third-order valence-corrected chi connectivity index (χ3v) is 6.43. The van der Waals surface area contributed by atoms with Crippen molar-refractivity contribution < 1.29 is 37.5 Å². The first kappa shape index (κ1) is 30.3. The molecule has 206 valence electrons. The first-order valence-electron chi connectivity index (χ1n) is 12.8. The quantitative estimate of drug-likeness (QED) is 0.302. The second-order valence-corrected chi connectivity index (χ2v) is 9.29. The zero-order chi connectivity index (χ0) is 27.4. The second kappa shape index (κ2) is 14.7. The molecule has 1 heterocycles. The van der Waals surface area contributed by atoms with Gasteiger partial charge in [0, 0.05) is 19.5 Å². The number of halogens is 3. The minimum Gasteiger partial charge on any atom is -0.480 e. The maximum atomic E-state index is 13.4. The van der Waals surface area contributed by atoms with Crippen molar-refractivity contribution in [2.45, 2.75) is 89.0 Å². The zero-order valence-corrected chi connectivity index (χ0v) is 21.1. The fourth-order valence-electron chi connectivity index (χ4n) is 4.50. The van der Waals surface area contributed by atoms with E-state index in [0.29, 0.717) is 44.9 Å². The third kappa shape index (κ3) is 9.79. The van der Waals surface area contributed by atoms with Gasteiger partial charge in [0.2, 0.25) is 5.91 Å². The van der Waals surface area contributed by atoms with Crippen molar-refractivity contribution in [1.29, 1.82) is 0 Å². The van der Waals surface area contributed by atoms with E-state index in [-0.39, 0.29) is 31.7 Å². The Labute approximate surface area is 215 Å². The van der Waals surface area contributed by atoms with E-state index in [4.69, 9.17) is 0 Å². The molecule has 3 atom stereocenters. The van der Waals surface area contributed by atoms with Crippen molar-refractivity contribution in [3.8, 4) is 0 Å². The van der Waals surface area contributed by atoms with Crippen molar-refractivity contribution in [3.05, 3.63) is 35.9 Å². The summed E-state index contributed by atoms with van der Waals surface area (Å²) in [5.41, 5.74) is 1.03. The van der Waals surface area contributed by atoms with Crippen LogP contribution in [-0.4, -0.2) is 71.0 Å². The molecule has 0 aromatic heterocycles. The van der Waals surface area contributed by atoms with Crippen LogP contribution in [0.25, 0.3) is 0 Å². The highest BCUT2D eigenvalue weighted by molar-refractivity contribution is 5.89. The number of nitrogens with zero attached hydrogens (tertiary/aromatic N) is 1. The Balaban J connectivity index is 2.11. The Morgan fingerprint density at radius 1 is 1.08 bits per heavy atom. The summed E-state index contributed by atoms with van der Waals surface area (Å²) in [7, 11) is 0. The summed E-state index contributed by atoms with van der Waals surface area (Å²) in [6.07, 6.45) is -1.43. The van der Waals surface area contributed by atoms with E-state index >= 15 is 0 Å². The number of aliphatic carboxylic acids is 1. The number of aryl methyl sites for hydroxylation is 1. The molecule has 2 rings (SSSR count). The van der Waals surface area contributed by atoms with Gasteiger partial charge in [-0.05, 0) is 56.9 Å². The van der Waals surface area contributed by atoms with Crippen molar-refractivity contribution >= 4 is 23.6 Å². The summed E-state index contributed by atoms with van der Waals surface area (Å²) in [5, 5.41) is 14.5. The number of carboxylic acid groups (broad SMARTS) is 1. The molecule has 0 saturated carbocycles. The second-order valence-electron chi connectivity index (χ2n) is 9.29. The van der Waals surface area contributed by atoms with Crippen molar-refractivity contribution in [2.24, 2.45) is 0 Å². The molecule has 11 heteroatoms. The monoisotopic (exact) mass is 527 g/mol. The van der Waals surface area contributed by atoms with E-state index in [1.165, 1.54) is 4.90 Å². The third-order valence-electron chi connectivity index (χ3n) is 6.43. The molecule has 0 unspecified atom stereocenters. The number of benzene rings is 1. The average molecular weight is 528 g/mol. The van der Waals surface area contributed by atoms with E-state index in [2.05, 4.69) is 5.32 Å². The van der Waals surface area contributed by atoms with Crippen molar-refractivity contribution in [1.82, 2.24) is 15.5 Å².